The molecule has 1 heterocycles. The van der Waals surface area contributed by atoms with E-state index >= 15 is 0 Å². The van der Waals surface area contributed by atoms with Gasteiger partial charge in [0.25, 0.3) is 5.91 Å². The molecule has 6 nitrogen and oxygen atoms in total. The number of rotatable bonds is 8. The molecule has 0 bridgehead atoms. The van der Waals surface area contributed by atoms with Gasteiger partial charge in [-0.05, 0) is 65.3 Å². The standard InChI is InChI=1S/C31H28ClNO5/c32-28-19-26-23(20-37-28)12-8-17-31(26,30(35)36)38-27-15-7-6-14-25(27)29(34)33-18-16-22-11-4-5-13-24(22)21-9-2-1-3-10-21/h1-7,9-11,13-15,19H,8,12,16-18,20H2,(H,33,34)(H,35,36). The summed E-state index contributed by atoms with van der Waals surface area (Å²) in [5, 5.41) is 13.4. The molecule has 3 aromatic rings. The second-order valence-electron chi connectivity index (χ2n) is 9.37. The van der Waals surface area contributed by atoms with Crippen molar-refractivity contribution in [2.75, 3.05) is 13.2 Å². The Morgan fingerprint density at radius 2 is 1.74 bits per heavy atom. The molecule has 38 heavy (non-hydrogen) atoms. The number of amides is 1. The van der Waals surface area contributed by atoms with Crippen LogP contribution >= 0.6 is 11.6 Å². The Labute approximate surface area is 226 Å². The number of para-hydroxylation sites is 1. The van der Waals surface area contributed by atoms with Crippen LogP contribution in [0.2, 0.25) is 0 Å². The summed E-state index contributed by atoms with van der Waals surface area (Å²) < 4.78 is 11.6. The fourth-order valence-electron chi connectivity index (χ4n) is 5.13. The third-order valence-electron chi connectivity index (χ3n) is 7.01. The van der Waals surface area contributed by atoms with Gasteiger partial charge in [0.1, 0.15) is 12.4 Å². The van der Waals surface area contributed by atoms with Crippen LogP contribution in [-0.2, 0) is 16.0 Å². The van der Waals surface area contributed by atoms with Crippen molar-refractivity contribution in [1.82, 2.24) is 5.32 Å². The highest BCUT2D eigenvalue weighted by atomic mass is 35.5. The van der Waals surface area contributed by atoms with Crippen LogP contribution in [0.4, 0.5) is 0 Å². The SMILES string of the molecule is O=C(NCCc1ccccc1-c1ccccc1)c1ccccc1OC1(C(=O)O)CCCC2=C1C=C(Cl)OC2. The summed E-state index contributed by atoms with van der Waals surface area (Å²) in [5.74, 6) is -1.24. The monoisotopic (exact) mass is 529 g/mol. The zero-order valence-electron chi connectivity index (χ0n) is 20.8. The van der Waals surface area contributed by atoms with Crippen molar-refractivity contribution in [3.05, 3.63) is 112 Å². The average molecular weight is 530 g/mol. The number of benzene rings is 3. The first-order chi connectivity index (χ1) is 18.5. The maximum absolute atomic E-state index is 13.3. The highest BCUT2D eigenvalue weighted by molar-refractivity contribution is 6.28. The molecule has 7 heteroatoms. The number of carboxylic acids is 1. The van der Waals surface area contributed by atoms with E-state index in [-0.39, 0.29) is 35.5 Å². The zero-order chi connectivity index (χ0) is 26.5. The topological polar surface area (TPSA) is 84.9 Å². The highest BCUT2D eigenvalue weighted by Gasteiger charge is 2.48. The molecule has 2 N–H and O–H groups in total. The Hall–Kier alpha value is -4.03. The lowest BCUT2D eigenvalue weighted by Crippen LogP contribution is -2.49. The van der Waals surface area contributed by atoms with E-state index in [1.807, 2.05) is 30.3 Å². The Bertz CT molecular complexity index is 1410. The summed E-state index contributed by atoms with van der Waals surface area (Å²) in [4.78, 5) is 25.9. The second kappa shape index (κ2) is 11.2. The maximum Gasteiger partial charge on any atom is 0.352 e. The van der Waals surface area contributed by atoms with Crippen molar-refractivity contribution in [1.29, 1.82) is 0 Å². The quantitative estimate of drug-likeness (QED) is 0.367. The third-order valence-corrected chi connectivity index (χ3v) is 7.23. The van der Waals surface area contributed by atoms with Gasteiger partial charge in [-0.1, -0.05) is 66.7 Å². The molecule has 0 saturated heterocycles. The van der Waals surface area contributed by atoms with Crippen LogP contribution in [0.5, 0.6) is 5.75 Å². The van der Waals surface area contributed by atoms with Crippen LogP contribution in [-0.4, -0.2) is 35.7 Å². The molecule has 0 aromatic heterocycles. The first kappa shape index (κ1) is 25.6. The third kappa shape index (κ3) is 5.18. The van der Waals surface area contributed by atoms with E-state index in [9.17, 15) is 14.7 Å². The number of hydrogen-bond donors (Lipinski definition) is 2. The molecule has 1 unspecified atom stereocenters. The van der Waals surface area contributed by atoms with Crippen molar-refractivity contribution < 1.29 is 24.2 Å². The van der Waals surface area contributed by atoms with Crippen LogP contribution < -0.4 is 10.1 Å². The average Bonchev–Trinajstić information content (AvgIpc) is 2.94. The molecule has 194 valence electrons. The van der Waals surface area contributed by atoms with Crippen molar-refractivity contribution in [2.45, 2.75) is 31.3 Å². The first-order valence-corrected chi connectivity index (χ1v) is 13.0. The number of halogens is 1. The number of nitrogens with one attached hydrogen (secondary N) is 1. The zero-order valence-corrected chi connectivity index (χ0v) is 21.5. The summed E-state index contributed by atoms with van der Waals surface area (Å²) in [6.45, 7) is 0.641. The van der Waals surface area contributed by atoms with Gasteiger partial charge in [-0.25, -0.2) is 4.79 Å². The molecule has 0 fully saturated rings. The molecule has 3 aromatic carbocycles. The predicted molar refractivity (Wildman–Crippen MR) is 146 cm³/mol. The Kier molecular flexibility index (Phi) is 7.52. The van der Waals surface area contributed by atoms with Crippen LogP contribution in [0.15, 0.2) is 101 Å². The van der Waals surface area contributed by atoms with E-state index in [0.717, 1.165) is 22.3 Å². The normalized spacial score (nSPS) is 18.6. The lowest BCUT2D eigenvalue weighted by Gasteiger charge is -2.38. The molecule has 0 saturated carbocycles. The predicted octanol–water partition coefficient (Wildman–Crippen LogP) is 6.12. The van der Waals surface area contributed by atoms with Crippen LogP contribution in [0.25, 0.3) is 11.1 Å². The number of carbonyl (C=O) groups is 2. The molecule has 1 atom stereocenters. The molecule has 1 aliphatic heterocycles. The van der Waals surface area contributed by atoms with Crippen molar-refractivity contribution in [2.24, 2.45) is 0 Å². The van der Waals surface area contributed by atoms with Crippen LogP contribution in [0, 0.1) is 0 Å². The van der Waals surface area contributed by atoms with E-state index in [1.54, 1.807) is 24.3 Å². The number of carbonyl (C=O) groups excluding carboxylic acids is 1. The van der Waals surface area contributed by atoms with Gasteiger partial charge in [-0.2, -0.15) is 0 Å². The molecule has 0 radical (unpaired) electrons. The lowest BCUT2D eigenvalue weighted by molar-refractivity contribution is -0.152. The van der Waals surface area contributed by atoms with Crippen molar-refractivity contribution >= 4 is 23.5 Å². The van der Waals surface area contributed by atoms with E-state index in [0.29, 0.717) is 31.4 Å². The smallest absolute Gasteiger partial charge is 0.352 e. The number of carboxylic acid groups (broad SMARTS) is 1. The fraction of sp³-hybridized carbons (Fsp3) is 0.226. The van der Waals surface area contributed by atoms with Gasteiger partial charge in [0.05, 0.1) is 5.56 Å². The molecular formula is C31H28ClNO5. The van der Waals surface area contributed by atoms with Gasteiger partial charge in [0, 0.05) is 24.6 Å². The number of ether oxygens (including phenoxy) is 2. The van der Waals surface area contributed by atoms with E-state index in [1.165, 1.54) is 6.08 Å². The molecule has 5 rings (SSSR count). The summed E-state index contributed by atoms with van der Waals surface area (Å²) in [5.41, 5.74) is 3.34. The molecular weight excluding hydrogens is 502 g/mol. The fourth-order valence-corrected chi connectivity index (χ4v) is 5.30. The summed E-state index contributed by atoms with van der Waals surface area (Å²) in [6.07, 6.45) is 3.75. The largest absolute Gasteiger partial charge is 0.478 e. The highest BCUT2D eigenvalue weighted by Crippen LogP contribution is 2.42. The number of aliphatic carboxylic acids is 1. The second-order valence-corrected chi connectivity index (χ2v) is 9.74. The van der Waals surface area contributed by atoms with Gasteiger partial charge in [-0.3, -0.25) is 4.79 Å². The van der Waals surface area contributed by atoms with Crippen molar-refractivity contribution in [3.8, 4) is 16.9 Å². The van der Waals surface area contributed by atoms with E-state index in [4.69, 9.17) is 21.1 Å². The lowest BCUT2D eigenvalue weighted by atomic mass is 9.78. The van der Waals surface area contributed by atoms with Gasteiger partial charge < -0.3 is 19.9 Å². The Morgan fingerprint density at radius 3 is 2.55 bits per heavy atom. The molecule has 0 spiro atoms. The van der Waals surface area contributed by atoms with Crippen LogP contribution in [0.3, 0.4) is 0 Å². The summed E-state index contributed by atoms with van der Waals surface area (Å²) >= 11 is 6.10. The van der Waals surface area contributed by atoms with Gasteiger partial charge in [0.2, 0.25) is 5.60 Å². The minimum atomic E-state index is -1.65. The van der Waals surface area contributed by atoms with E-state index < -0.39 is 11.6 Å². The summed E-state index contributed by atoms with van der Waals surface area (Å²) in [6, 6.07) is 25.0. The van der Waals surface area contributed by atoms with Gasteiger partial charge >= 0.3 is 5.97 Å². The first-order valence-electron chi connectivity index (χ1n) is 12.6. The molecule has 1 amide bonds. The minimum absolute atomic E-state index is 0.127. The molecule has 2 aliphatic rings. The van der Waals surface area contributed by atoms with Crippen molar-refractivity contribution in [3.63, 3.8) is 0 Å². The number of hydrogen-bond acceptors (Lipinski definition) is 4. The minimum Gasteiger partial charge on any atom is -0.478 e. The Morgan fingerprint density at radius 1 is 1.00 bits per heavy atom. The van der Waals surface area contributed by atoms with E-state index in [2.05, 4.69) is 29.6 Å². The van der Waals surface area contributed by atoms with Gasteiger partial charge in [0.15, 0.2) is 5.22 Å². The van der Waals surface area contributed by atoms with Crippen LogP contribution in [0.1, 0.15) is 35.2 Å². The summed E-state index contributed by atoms with van der Waals surface area (Å²) in [7, 11) is 0. The Balaban J connectivity index is 1.35. The molecule has 1 aliphatic carbocycles. The maximum atomic E-state index is 13.3. The van der Waals surface area contributed by atoms with Gasteiger partial charge in [-0.15, -0.1) is 0 Å².